The molecule has 0 bridgehead atoms. The second kappa shape index (κ2) is 33.2. The van der Waals surface area contributed by atoms with Gasteiger partial charge in [-0.1, -0.05) is 181 Å². The van der Waals surface area contributed by atoms with E-state index in [4.69, 9.17) is 5.11 Å². The van der Waals surface area contributed by atoms with Crippen molar-refractivity contribution in [3.63, 3.8) is 0 Å². The summed E-state index contributed by atoms with van der Waals surface area (Å²) >= 11 is 7.40. The minimum atomic E-state index is -0.677. The summed E-state index contributed by atoms with van der Waals surface area (Å²) in [6, 6.07) is 0. The highest BCUT2D eigenvalue weighted by molar-refractivity contribution is 9.14. The molecule has 2 nitrogen and oxygen atoms in total. The largest absolute Gasteiger partial charge is 0.481 e. The van der Waals surface area contributed by atoms with Crippen LogP contribution >= 0.6 is 31.9 Å². The van der Waals surface area contributed by atoms with Gasteiger partial charge < -0.3 is 5.11 Å². The molecule has 0 heterocycles. The van der Waals surface area contributed by atoms with Crippen molar-refractivity contribution in [3.8, 4) is 0 Å². The summed E-state index contributed by atoms with van der Waals surface area (Å²) in [4.78, 5) is 10.4. The number of halogens is 2. The Morgan fingerprint density at radius 1 is 0.417 bits per heavy atom. The monoisotopic (exact) mass is 636 g/mol. The van der Waals surface area contributed by atoms with Crippen LogP contribution in [0.2, 0.25) is 0 Å². The number of carboxylic acids is 1. The van der Waals surface area contributed by atoms with Gasteiger partial charge in [-0.2, -0.15) is 0 Å². The first kappa shape index (κ1) is 38.3. The molecule has 0 aliphatic heterocycles. The highest BCUT2D eigenvalue weighted by atomic mass is 79.9. The molecule has 4 heteroatoms. The summed E-state index contributed by atoms with van der Waals surface area (Å²) in [5.74, 6) is -0.677. The zero-order chi connectivity index (χ0) is 27.1. The first-order chi connectivity index (χ1) is 17.5. The van der Waals surface area contributed by atoms with Gasteiger partial charge in [0.1, 0.15) is 0 Å². The molecule has 0 unspecified atom stereocenters. The van der Waals surface area contributed by atoms with Crippen LogP contribution in [0.4, 0.5) is 0 Å². The second-order valence-corrected chi connectivity index (χ2v) is 12.4. The van der Waals surface area contributed by atoms with Crippen molar-refractivity contribution in [1.82, 2.24) is 0 Å². The summed E-state index contributed by atoms with van der Waals surface area (Å²) in [6.45, 7) is 6.82. The predicted octanol–water partition coefficient (Wildman–Crippen LogP) is 13.3. The molecular weight excluding hydrogens is 576 g/mol. The highest BCUT2D eigenvalue weighted by Gasteiger charge is 2.02. The highest BCUT2D eigenvalue weighted by Crippen LogP contribution is 2.28. The molecule has 0 aromatic heterocycles. The molecule has 0 aromatic carbocycles. The molecule has 0 radical (unpaired) electrons. The molecule has 36 heavy (non-hydrogen) atoms. The molecule has 0 aliphatic rings. The van der Waals surface area contributed by atoms with Crippen LogP contribution in [0.15, 0.2) is 8.96 Å². The zero-order valence-electron chi connectivity index (χ0n) is 24.5. The number of allylic oxidation sites excluding steroid dienone is 2. The Morgan fingerprint density at radius 3 is 0.889 bits per heavy atom. The quantitative estimate of drug-likeness (QED) is 0.0958. The van der Waals surface area contributed by atoms with Crippen molar-refractivity contribution in [3.05, 3.63) is 8.96 Å². The van der Waals surface area contributed by atoms with Gasteiger partial charge in [0.2, 0.25) is 0 Å². The number of carbonyl (C=O) groups is 1. The zero-order valence-corrected chi connectivity index (χ0v) is 27.7. The lowest BCUT2D eigenvalue weighted by molar-refractivity contribution is -0.137. The summed E-state index contributed by atoms with van der Waals surface area (Å²) in [6.07, 6.45) is 33.4. The van der Waals surface area contributed by atoms with Crippen LogP contribution in [0.1, 0.15) is 188 Å². The van der Waals surface area contributed by atoms with Gasteiger partial charge >= 0.3 is 5.97 Å². The molecule has 0 spiro atoms. The Labute approximate surface area is 243 Å². The van der Waals surface area contributed by atoms with Gasteiger partial charge in [0, 0.05) is 15.4 Å². The number of rotatable bonds is 26. The number of aliphatic carboxylic acids is 1. The van der Waals surface area contributed by atoms with Crippen LogP contribution < -0.4 is 0 Å². The average molecular weight is 639 g/mol. The van der Waals surface area contributed by atoms with Gasteiger partial charge in [-0.25, -0.2) is 0 Å². The number of hydrogen-bond acceptors (Lipinski definition) is 1. The van der Waals surface area contributed by atoms with E-state index in [1.54, 1.807) is 0 Å². The number of unbranched alkanes of at least 4 members (excludes halogenated alkanes) is 20. The van der Waals surface area contributed by atoms with E-state index in [1.807, 2.05) is 0 Å². The van der Waals surface area contributed by atoms with E-state index in [9.17, 15) is 4.79 Å². The molecule has 1 N–H and O–H groups in total. The van der Waals surface area contributed by atoms with Crippen molar-refractivity contribution in [2.24, 2.45) is 0 Å². The fourth-order valence-electron chi connectivity index (χ4n) is 4.33. The van der Waals surface area contributed by atoms with E-state index in [0.29, 0.717) is 6.42 Å². The van der Waals surface area contributed by atoms with E-state index in [1.165, 1.54) is 137 Å². The van der Waals surface area contributed by atoms with Crippen LogP contribution in [0.3, 0.4) is 0 Å². The van der Waals surface area contributed by atoms with Crippen LogP contribution in [0.5, 0.6) is 0 Å². The third-order valence-corrected chi connectivity index (χ3v) is 9.07. The predicted molar refractivity (Wildman–Crippen MR) is 170 cm³/mol. The molecule has 0 saturated heterocycles. The molecule has 0 rings (SSSR count). The maximum Gasteiger partial charge on any atom is 0.303 e. The standard InChI is InChI=1S/C18H32Br2O2.C14H30/c1-2-3-4-5-7-10-13-16(19)17(20)14-11-8-6-9-12-15-18(21)22;1-3-5-7-9-11-13-14-12-10-8-6-4-2/h2-15H2,1H3,(H,21,22);3-14H2,1-2H3/b17-16-;. The van der Waals surface area contributed by atoms with Gasteiger partial charge in [-0.3, -0.25) is 4.79 Å². The fraction of sp³-hybridized carbons (Fsp3) is 0.906. The molecule has 216 valence electrons. The summed E-state index contributed by atoms with van der Waals surface area (Å²) in [5, 5.41) is 8.56. The molecule has 0 amide bonds. The van der Waals surface area contributed by atoms with Crippen LogP contribution in [-0.2, 0) is 4.79 Å². The van der Waals surface area contributed by atoms with Gasteiger partial charge in [-0.05, 0) is 32.1 Å². The molecule has 0 saturated carbocycles. The number of carboxylic acid groups (broad SMARTS) is 1. The van der Waals surface area contributed by atoms with Gasteiger partial charge in [-0.15, -0.1) is 0 Å². The van der Waals surface area contributed by atoms with Crippen molar-refractivity contribution in [2.45, 2.75) is 188 Å². The Bertz CT molecular complexity index is 465. The van der Waals surface area contributed by atoms with Gasteiger partial charge in [0.05, 0.1) is 0 Å². The third kappa shape index (κ3) is 34.2. The normalized spacial score (nSPS) is 11.7. The van der Waals surface area contributed by atoms with Crippen LogP contribution in [-0.4, -0.2) is 11.1 Å². The van der Waals surface area contributed by atoms with E-state index in [2.05, 4.69) is 52.6 Å². The maximum atomic E-state index is 10.4. The van der Waals surface area contributed by atoms with Crippen LogP contribution in [0, 0.1) is 0 Å². The molecule has 0 atom stereocenters. The summed E-state index contributed by atoms with van der Waals surface area (Å²) < 4.78 is 2.64. The smallest absolute Gasteiger partial charge is 0.303 e. The summed E-state index contributed by atoms with van der Waals surface area (Å²) in [5.41, 5.74) is 0. The topological polar surface area (TPSA) is 37.3 Å². The first-order valence-corrected chi connectivity index (χ1v) is 17.3. The average Bonchev–Trinajstić information content (AvgIpc) is 2.86. The fourth-order valence-corrected chi connectivity index (χ4v) is 5.29. The minimum absolute atomic E-state index is 0.313. The number of hydrogen-bond donors (Lipinski definition) is 1. The molecule has 0 fully saturated rings. The van der Waals surface area contributed by atoms with E-state index in [0.717, 1.165) is 32.1 Å². The van der Waals surface area contributed by atoms with E-state index in [-0.39, 0.29) is 0 Å². The first-order valence-electron chi connectivity index (χ1n) is 15.7. The minimum Gasteiger partial charge on any atom is -0.481 e. The van der Waals surface area contributed by atoms with Crippen molar-refractivity contribution < 1.29 is 9.90 Å². The molecule has 0 aliphatic carbocycles. The molecular formula is C32H62Br2O2. The third-order valence-electron chi connectivity index (χ3n) is 6.79. The van der Waals surface area contributed by atoms with Crippen molar-refractivity contribution >= 4 is 37.8 Å². The Morgan fingerprint density at radius 2 is 0.639 bits per heavy atom. The van der Waals surface area contributed by atoms with Crippen LogP contribution in [0.25, 0.3) is 0 Å². The SMILES string of the molecule is CCCCCCCC/C(Br)=C(/Br)CCCCCCCC(=O)O.CCCCCCCCCCCCCC. The molecule has 0 aromatic rings. The lowest BCUT2D eigenvalue weighted by Gasteiger charge is -2.06. The second-order valence-electron chi connectivity index (χ2n) is 10.5. The maximum absolute atomic E-state index is 10.4. The Kier molecular flexibility index (Phi) is 35.3. The Hall–Kier alpha value is 0.170. The van der Waals surface area contributed by atoms with E-state index >= 15 is 0 Å². The summed E-state index contributed by atoms with van der Waals surface area (Å²) in [7, 11) is 0. The lowest BCUT2D eigenvalue weighted by atomic mass is 10.1. The van der Waals surface area contributed by atoms with Crippen molar-refractivity contribution in [2.75, 3.05) is 0 Å². The van der Waals surface area contributed by atoms with E-state index < -0.39 is 5.97 Å². The van der Waals surface area contributed by atoms with Crippen molar-refractivity contribution in [1.29, 1.82) is 0 Å². The van der Waals surface area contributed by atoms with Gasteiger partial charge in [0.25, 0.3) is 0 Å². The Balaban J connectivity index is 0. The van der Waals surface area contributed by atoms with Gasteiger partial charge in [0.15, 0.2) is 0 Å². The lowest BCUT2D eigenvalue weighted by Crippen LogP contribution is -1.93.